The summed E-state index contributed by atoms with van der Waals surface area (Å²) in [5.41, 5.74) is 3.22. The van der Waals surface area contributed by atoms with E-state index >= 15 is 0 Å². The van der Waals surface area contributed by atoms with Crippen molar-refractivity contribution in [3.63, 3.8) is 0 Å². The summed E-state index contributed by atoms with van der Waals surface area (Å²) >= 11 is 2.76. The fraction of sp³-hybridized carbons (Fsp3) is 0.176. The molecular weight excluding hydrogens is 595 g/mol. The number of hydrogen-bond acceptors (Lipinski definition) is 9. The van der Waals surface area contributed by atoms with Crippen molar-refractivity contribution in [2.24, 2.45) is 0 Å². The molecule has 10 heteroatoms. The molecule has 222 valence electrons. The Morgan fingerprint density at radius 1 is 0.932 bits per heavy atom. The zero-order valence-corrected chi connectivity index (χ0v) is 25.9. The molecule has 1 fully saturated rings. The molecule has 1 aliphatic rings. The SMILES string of the molecule is CCc1ccc([C@@H]2C(=C(O)c3ccc(OC)c(OC)c3)C(=O)C(=O)N2c2nnc(SCc3cccc4ccccc34)s2)cc1. The van der Waals surface area contributed by atoms with Crippen LogP contribution in [0.15, 0.2) is 94.8 Å². The number of aryl methyl sites for hydroxylation is 1. The molecule has 1 aromatic heterocycles. The van der Waals surface area contributed by atoms with Crippen molar-refractivity contribution >= 4 is 56.5 Å². The van der Waals surface area contributed by atoms with Crippen LogP contribution in [-0.2, 0) is 21.8 Å². The molecule has 6 rings (SSSR count). The number of thioether (sulfide) groups is 1. The third-order valence-electron chi connectivity index (χ3n) is 7.64. The average Bonchev–Trinajstić information content (AvgIpc) is 3.64. The predicted molar refractivity (Wildman–Crippen MR) is 174 cm³/mol. The van der Waals surface area contributed by atoms with Gasteiger partial charge in [0.2, 0.25) is 5.13 Å². The molecule has 0 saturated carbocycles. The second kappa shape index (κ2) is 12.5. The molecule has 4 aromatic carbocycles. The Kier molecular flexibility index (Phi) is 8.36. The normalized spacial score (nSPS) is 16.1. The number of carbonyl (C=O) groups is 2. The van der Waals surface area contributed by atoms with E-state index in [2.05, 4.69) is 41.4 Å². The number of benzene rings is 4. The van der Waals surface area contributed by atoms with E-state index in [4.69, 9.17) is 9.47 Å². The van der Waals surface area contributed by atoms with Gasteiger partial charge in [0.05, 0.1) is 25.8 Å². The van der Waals surface area contributed by atoms with Gasteiger partial charge in [-0.25, -0.2) is 0 Å². The van der Waals surface area contributed by atoms with E-state index < -0.39 is 17.7 Å². The Morgan fingerprint density at radius 2 is 1.68 bits per heavy atom. The number of carbonyl (C=O) groups excluding carboxylic acids is 2. The molecule has 8 nitrogen and oxygen atoms in total. The standard InChI is InChI=1S/C34H29N3O5S2/c1-4-20-12-14-22(15-13-20)29-28(30(38)23-16-17-26(41-2)27(18-23)42-3)31(39)32(40)37(29)33-35-36-34(44-33)43-19-24-10-7-9-21-8-5-6-11-25(21)24/h5-18,29,38H,4,19H2,1-3H3/t29-/m1/s1. The van der Waals surface area contributed by atoms with Crippen molar-refractivity contribution < 1.29 is 24.2 Å². The van der Waals surface area contributed by atoms with Gasteiger partial charge < -0.3 is 14.6 Å². The van der Waals surface area contributed by atoms with Gasteiger partial charge in [-0.1, -0.05) is 96.8 Å². The lowest BCUT2D eigenvalue weighted by molar-refractivity contribution is -0.132. The minimum atomic E-state index is -0.905. The Labute approximate surface area is 263 Å². The first-order valence-electron chi connectivity index (χ1n) is 14.0. The molecule has 1 aliphatic heterocycles. The number of aliphatic hydroxyl groups is 1. The lowest BCUT2D eigenvalue weighted by Crippen LogP contribution is -2.29. The van der Waals surface area contributed by atoms with Gasteiger partial charge in [-0.05, 0) is 52.1 Å². The van der Waals surface area contributed by atoms with Crippen LogP contribution in [0.25, 0.3) is 16.5 Å². The van der Waals surface area contributed by atoms with Gasteiger partial charge in [-0.3, -0.25) is 14.5 Å². The van der Waals surface area contributed by atoms with Gasteiger partial charge in [0, 0.05) is 11.3 Å². The number of amides is 1. The summed E-state index contributed by atoms with van der Waals surface area (Å²) in [6.45, 7) is 2.05. The van der Waals surface area contributed by atoms with Crippen LogP contribution in [0.5, 0.6) is 11.5 Å². The zero-order valence-electron chi connectivity index (χ0n) is 24.3. The van der Waals surface area contributed by atoms with Gasteiger partial charge in [-0.2, -0.15) is 0 Å². The molecule has 1 atom stereocenters. The van der Waals surface area contributed by atoms with E-state index in [1.807, 2.05) is 42.5 Å². The molecule has 5 aromatic rings. The monoisotopic (exact) mass is 623 g/mol. The second-order valence-electron chi connectivity index (χ2n) is 10.1. The number of nitrogens with zero attached hydrogens (tertiary/aromatic N) is 3. The topological polar surface area (TPSA) is 102 Å². The van der Waals surface area contributed by atoms with Gasteiger partial charge >= 0.3 is 5.91 Å². The Morgan fingerprint density at radius 3 is 2.43 bits per heavy atom. The highest BCUT2D eigenvalue weighted by Gasteiger charge is 2.48. The summed E-state index contributed by atoms with van der Waals surface area (Å²) < 4.78 is 11.4. The van der Waals surface area contributed by atoms with Crippen LogP contribution in [-0.4, -0.2) is 41.2 Å². The number of anilines is 1. The maximum atomic E-state index is 13.6. The van der Waals surface area contributed by atoms with Crippen LogP contribution in [0.3, 0.4) is 0 Å². The number of methoxy groups -OCH3 is 2. The van der Waals surface area contributed by atoms with Crippen molar-refractivity contribution in [3.8, 4) is 11.5 Å². The Balaban J connectivity index is 1.38. The third kappa shape index (κ3) is 5.42. The molecule has 1 amide bonds. The van der Waals surface area contributed by atoms with Crippen LogP contribution in [0, 0.1) is 0 Å². The van der Waals surface area contributed by atoms with E-state index in [9.17, 15) is 14.7 Å². The highest BCUT2D eigenvalue weighted by Crippen LogP contribution is 2.45. The maximum absolute atomic E-state index is 13.6. The molecular formula is C34H29N3O5S2. The van der Waals surface area contributed by atoms with Crippen molar-refractivity contribution in [1.82, 2.24) is 10.2 Å². The molecule has 1 saturated heterocycles. The van der Waals surface area contributed by atoms with Gasteiger partial charge in [-0.15, -0.1) is 10.2 Å². The molecule has 0 bridgehead atoms. The number of fused-ring (bicyclic) bond motifs is 1. The number of rotatable bonds is 9. The number of hydrogen-bond donors (Lipinski definition) is 1. The summed E-state index contributed by atoms with van der Waals surface area (Å²) in [6.07, 6.45) is 0.833. The summed E-state index contributed by atoms with van der Waals surface area (Å²) in [5.74, 6) is -0.382. The lowest BCUT2D eigenvalue weighted by atomic mass is 9.94. The first kappa shape index (κ1) is 29.4. The molecule has 0 radical (unpaired) electrons. The number of ether oxygens (including phenoxy) is 2. The van der Waals surface area contributed by atoms with E-state index in [1.54, 1.807) is 18.2 Å². The van der Waals surface area contributed by atoms with E-state index in [0.29, 0.717) is 32.7 Å². The van der Waals surface area contributed by atoms with Crippen molar-refractivity contribution in [3.05, 3.63) is 113 Å². The molecule has 44 heavy (non-hydrogen) atoms. The Hall–Kier alpha value is -4.67. The molecule has 1 N–H and O–H groups in total. The maximum Gasteiger partial charge on any atom is 0.301 e. The smallest absolute Gasteiger partial charge is 0.301 e. The van der Waals surface area contributed by atoms with Gasteiger partial charge in [0.15, 0.2) is 15.8 Å². The molecule has 2 heterocycles. The zero-order chi connectivity index (χ0) is 30.8. The van der Waals surface area contributed by atoms with Crippen molar-refractivity contribution in [2.45, 2.75) is 29.5 Å². The largest absolute Gasteiger partial charge is 0.507 e. The van der Waals surface area contributed by atoms with Crippen molar-refractivity contribution in [2.75, 3.05) is 19.1 Å². The summed E-state index contributed by atoms with van der Waals surface area (Å²) in [7, 11) is 3.00. The van der Waals surface area contributed by atoms with E-state index in [-0.39, 0.29) is 16.5 Å². The molecule has 0 aliphatic carbocycles. The number of Topliss-reactive ketones (excluding diaryl/α,β-unsaturated/α-hetero) is 1. The van der Waals surface area contributed by atoms with E-state index in [1.165, 1.54) is 47.6 Å². The first-order valence-corrected chi connectivity index (χ1v) is 15.8. The second-order valence-corrected chi connectivity index (χ2v) is 12.3. The van der Waals surface area contributed by atoms with Crippen LogP contribution in [0.2, 0.25) is 0 Å². The van der Waals surface area contributed by atoms with Crippen LogP contribution in [0.4, 0.5) is 5.13 Å². The number of ketones is 1. The lowest BCUT2D eigenvalue weighted by Gasteiger charge is -2.22. The molecule has 0 unspecified atom stereocenters. The fourth-order valence-electron chi connectivity index (χ4n) is 5.34. The number of aromatic nitrogens is 2. The highest BCUT2D eigenvalue weighted by atomic mass is 32.2. The van der Waals surface area contributed by atoms with Gasteiger partial charge in [0.1, 0.15) is 5.76 Å². The third-order valence-corrected chi connectivity index (χ3v) is 9.74. The quantitative estimate of drug-likeness (QED) is 0.0605. The van der Waals surface area contributed by atoms with Crippen LogP contribution >= 0.6 is 23.1 Å². The molecule has 0 spiro atoms. The predicted octanol–water partition coefficient (Wildman–Crippen LogP) is 7.19. The summed E-state index contributed by atoms with van der Waals surface area (Å²) in [6, 6.07) is 26.0. The minimum Gasteiger partial charge on any atom is -0.507 e. The van der Waals surface area contributed by atoms with Crippen molar-refractivity contribution in [1.29, 1.82) is 0 Å². The fourth-order valence-corrected chi connectivity index (χ4v) is 7.21. The summed E-state index contributed by atoms with van der Waals surface area (Å²) in [5, 5.41) is 22.9. The minimum absolute atomic E-state index is 0.0355. The van der Waals surface area contributed by atoms with Crippen LogP contribution in [0.1, 0.15) is 35.2 Å². The Bertz CT molecular complexity index is 1900. The summed E-state index contributed by atoms with van der Waals surface area (Å²) in [4.78, 5) is 28.6. The first-order chi connectivity index (χ1) is 21.4. The van der Waals surface area contributed by atoms with E-state index in [0.717, 1.165) is 22.9 Å². The average molecular weight is 624 g/mol. The van der Waals surface area contributed by atoms with Gasteiger partial charge in [0.25, 0.3) is 5.78 Å². The highest BCUT2D eigenvalue weighted by molar-refractivity contribution is 8.00. The number of aliphatic hydroxyl groups excluding tert-OH is 1. The van der Waals surface area contributed by atoms with Crippen LogP contribution < -0.4 is 14.4 Å².